The maximum absolute atomic E-state index is 10.5. The Balaban J connectivity index is 2.30. The van der Waals surface area contributed by atoms with Crippen molar-refractivity contribution in [2.75, 3.05) is 0 Å². The first-order valence-corrected chi connectivity index (χ1v) is 4.36. The van der Waals surface area contributed by atoms with Gasteiger partial charge in [0.05, 0.1) is 6.42 Å². The van der Waals surface area contributed by atoms with E-state index in [1.165, 1.54) is 0 Å². The lowest BCUT2D eigenvalue weighted by Crippen LogP contribution is -2.14. The fourth-order valence-corrected chi connectivity index (χ4v) is 1.34. The second-order valence-electron chi connectivity index (χ2n) is 3.22. The molecule has 15 heavy (non-hydrogen) atoms. The predicted octanol–water partition coefficient (Wildman–Crippen LogP) is 0.697. The summed E-state index contributed by atoms with van der Waals surface area (Å²) < 4.78 is 4.52. The molecule has 6 nitrogen and oxygen atoms in total. The number of hydrogen-bond acceptors (Lipinski definition) is 5. The Morgan fingerprint density at radius 3 is 2.93 bits per heavy atom. The van der Waals surface area contributed by atoms with Crippen LogP contribution in [0.3, 0.4) is 0 Å². The summed E-state index contributed by atoms with van der Waals surface area (Å²) in [5.41, 5.74) is 7.61. The van der Waals surface area contributed by atoms with E-state index in [0.717, 1.165) is 0 Å². The zero-order chi connectivity index (χ0) is 10.8. The van der Waals surface area contributed by atoms with Gasteiger partial charge in [-0.1, -0.05) is 6.07 Å². The number of carboxylic acid groups (broad SMARTS) is 1. The fraction of sp³-hybridized carbons (Fsp3) is 0.222. The zero-order valence-corrected chi connectivity index (χ0v) is 7.75. The molecule has 0 fully saturated rings. The second-order valence-corrected chi connectivity index (χ2v) is 3.22. The number of nitrogens with two attached hydrogens (primary N) is 1. The molecule has 0 aliphatic rings. The molecule has 0 radical (unpaired) electrons. The Morgan fingerprint density at radius 2 is 2.20 bits per heavy atom. The molecule has 1 aromatic heterocycles. The molecule has 0 aliphatic heterocycles. The third-order valence-corrected chi connectivity index (χ3v) is 2.10. The summed E-state index contributed by atoms with van der Waals surface area (Å²) in [6.45, 7) is 0. The van der Waals surface area contributed by atoms with E-state index in [1.807, 2.05) is 0 Å². The number of fused-ring (bicyclic) bond motifs is 1. The number of hydrogen-bond donors (Lipinski definition) is 2. The summed E-state index contributed by atoms with van der Waals surface area (Å²) in [4.78, 5) is 10.5. The fourth-order valence-electron chi connectivity index (χ4n) is 1.34. The lowest BCUT2D eigenvalue weighted by Gasteiger charge is -2.07. The highest BCUT2D eigenvalue weighted by Crippen LogP contribution is 2.18. The molecule has 1 unspecified atom stereocenters. The van der Waals surface area contributed by atoms with Crippen molar-refractivity contribution in [2.24, 2.45) is 5.73 Å². The van der Waals surface area contributed by atoms with Gasteiger partial charge in [0.1, 0.15) is 11.0 Å². The monoisotopic (exact) mass is 207 g/mol. The Hall–Kier alpha value is -1.95. The Kier molecular flexibility index (Phi) is 2.34. The molecule has 2 rings (SSSR count). The summed E-state index contributed by atoms with van der Waals surface area (Å²) in [6.07, 6.45) is -0.114. The number of rotatable bonds is 3. The van der Waals surface area contributed by atoms with E-state index >= 15 is 0 Å². The van der Waals surface area contributed by atoms with Crippen LogP contribution in [0.5, 0.6) is 0 Å². The molecule has 3 N–H and O–H groups in total. The van der Waals surface area contributed by atoms with Crippen molar-refractivity contribution < 1.29 is 14.5 Å². The van der Waals surface area contributed by atoms with Gasteiger partial charge in [-0.25, -0.2) is 4.63 Å². The predicted molar refractivity (Wildman–Crippen MR) is 51.0 cm³/mol. The maximum atomic E-state index is 10.5. The van der Waals surface area contributed by atoms with E-state index in [9.17, 15) is 4.79 Å². The van der Waals surface area contributed by atoms with Crippen molar-refractivity contribution in [1.29, 1.82) is 0 Å². The van der Waals surface area contributed by atoms with Crippen molar-refractivity contribution >= 4 is 17.0 Å². The Bertz CT molecular complexity index is 494. The first-order valence-electron chi connectivity index (χ1n) is 4.36. The van der Waals surface area contributed by atoms with Crippen molar-refractivity contribution in [3.05, 3.63) is 23.8 Å². The molecule has 1 heterocycles. The van der Waals surface area contributed by atoms with Gasteiger partial charge in [-0.3, -0.25) is 4.79 Å². The molecule has 0 amide bonds. The molecule has 0 spiro atoms. The lowest BCUT2D eigenvalue weighted by molar-refractivity contribution is -0.137. The molecule has 2 aromatic rings. The van der Waals surface area contributed by atoms with Gasteiger partial charge < -0.3 is 10.8 Å². The third kappa shape index (κ3) is 1.94. The van der Waals surface area contributed by atoms with Gasteiger partial charge in [-0.2, -0.15) is 0 Å². The van der Waals surface area contributed by atoms with E-state index in [4.69, 9.17) is 10.8 Å². The van der Waals surface area contributed by atoms with E-state index < -0.39 is 12.0 Å². The van der Waals surface area contributed by atoms with E-state index in [0.29, 0.717) is 16.6 Å². The van der Waals surface area contributed by atoms with Crippen LogP contribution in [0.1, 0.15) is 18.0 Å². The van der Waals surface area contributed by atoms with Crippen molar-refractivity contribution in [3.63, 3.8) is 0 Å². The van der Waals surface area contributed by atoms with Crippen LogP contribution in [0.15, 0.2) is 22.8 Å². The van der Waals surface area contributed by atoms with Gasteiger partial charge in [-0.05, 0) is 28.0 Å². The minimum atomic E-state index is -0.930. The molecule has 0 saturated carbocycles. The quantitative estimate of drug-likeness (QED) is 0.767. The molecule has 78 valence electrons. The van der Waals surface area contributed by atoms with E-state index in [2.05, 4.69) is 14.9 Å². The summed E-state index contributed by atoms with van der Waals surface area (Å²) in [5, 5.41) is 15.9. The van der Waals surface area contributed by atoms with Crippen LogP contribution in [-0.4, -0.2) is 21.4 Å². The number of benzene rings is 1. The minimum absolute atomic E-state index is 0.114. The lowest BCUT2D eigenvalue weighted by atomic mass is 10.0. The summed E-state index contributed by atoms with van der Waals surface area (Å²) in [7, 11) is 0. The number of carboxylic acids is 1. The largest absolute Gasteiger partial charge is 0.481 e. The molecule has 1 aromatic carbocycles. The molecule has 6 heteroatoms. The molecule has 0 bridgehead atoms. The van der Waals surface area contributed by atoms with Gasteiger partial charge >= 0.3 is 5.97 Å². The smallest absolute Gasteiger partial charge is 0.305 e. The first-order chi connectivity index (χ1) is 7.16. The van der Waals surface area contributed by atoms with E-state index in [1.54, 1.807) is 18.2 Å². The van der Waals surface area contributed by atoms with Crippen LogP contribution in [0.25, 0.3) is 11.0 Å². The molecule has 1 atom stereocenters. The SMILES string of the molecule is NC(CC(=O)O)c1ccc2nonc2c1. The summed E-state index contributed by atoms with van der Waals surface area (Å²) in [5.74, 6) is -0.930. The van der Waals surface area contributed by atoms with Crippen LogP contribution < -0.4 is 5.73 Å². The van der Waals surface area contributed by atoms with Crippen molar-refractivity contribution in [3.8, 4) is 0 Å². The zero-order valence-electron chi connectivity index (χ0n) is 7.75. The number of aliphatic carboxylic acids is 1. The highest BCUT2D eigenvalue weighted by atomic mass is 16.6. The average molecular weight is 207 g/mol. The van der Waals surface area contributed by atoms with Crippen molar-refractivity contribution in [1.82, 2.24) is 10.3 Å². The van der Waals surface area contributed by atoms with E-state index in [-0.39, 0.29) is 6.42 Å². The van der Waals surface area contributed by atoms with Gasteiger partial charge in [0.2, 0.25) is 0 Å². The molecule has 0 saturated heterocycles. The first kappa shape index (κ1) is 9.60. The van der Waals surface area contributed by atoms with Gasteiger partial charge in [0, 0.05) is 6.04 Å². The van der Waals surface area contributed by atoms with Crippen LogP contribution in [0.2, 0.25) is 0 Å². The summed E-state index contributed by atoms with van der Waals surface area (Å²) >= 11 is 0. The third-order valence-electron chi connectivity index (χ3n) is 2.10. The van der Waals surface area contributed by atoms with Crippen LogP contribution in [-0.2, 0) is 4.79 Å². The van der Waals surface area contributed by atoms with Gasteiger partial charge in [0.15, 0.2) is 0 Å². The minimum Gasteiger partial charge on any atom is -0.481 e. The average Bonchev–Trinajstić information content (AvgIpc) is 2.62. The van der Waals surface area contributed by atoms with Crippen LogP contribution in [0, 0.1) is 0 Å². The van der Waals surface area contributed by atoms with Gasteiger partial charge in [-0.15, -0.1) is 0 Å². The Labute approximate surface area is 84.6 Å². The van der Waals surface area contributed by atoms with Gasteiger partial charge in [0.25, 0.3) is 0 Å². The molecular weight excluding hydrogens is 198 g/mol. The van der Waals surface area contributed by atoms with Crippen LogP contribution in [0.4, 0.5) is 0 Å². The second kappa shape index (κ2) is 3.66. The highest BCUT2D eigenvalue weighted by Gasteiger charge is 2.12. The number of aromatic nitrogens is 2. The van der Waals surface area contributed by atoms with Crippen molar-refractivity contribution in [2.45, 2.75) is 12.5 Å². The summed E-state index contributed by atoms with van der Waals surface area (Å²) in [6, 6.07) is 4.56. The normalized spacial score (nSPS) is 12.9. The highest BCUT2D eigenvalue weighted by molar-refractivity contribution is 5.74. The Morgan fingerprint density at radius 1 is 1.47 bits per heavy atom. The topological polar surface area (TPSA) is 102 Å². The molecule has 0 aliphatic carbocycles. The standard InChI is InChI=1S/C9H9N3O3/c10-6(4-9(13)14)5-1-2-7-8(3-5)12-15-11-7/h1-3,6H,4,10H2,(H,13,14). The number of carbonyl (C=O) groups is 1. The van der Waals surface area contributed by atoms with Crippen LogP contribution >= 0.6 is 0 Å². The molecular formula is C9H9N3O3. The number of nitrogens with zero attached hydrogens (tertiary/aromatic N) is 2. The maximum Gasteiger partial charge on any atom is 0.305 e.